The number of nitrogens with one attached hydrogen (secondary N) is 1. The number of rotatable bonds is 3. The van der Waals surface area contributed by atoms with Crippen LogP contribution in [0.1, 0.15) is 28.5 Å². The van der Waals surface area contributed by atoms with Gasteiger partial charge in [0.25, 0.3) is 5.91 Å². The van der Waals surface area contributed by atoms with Gasteiger partial charge in [0.1, 0.15) is 5.82 Å². The highest BCUT2D eigenvalue weighted by atomic mass is 19.1. The quantitative estimate of drug-likeness (QED) is 0.845. The van der Waals surface area contributed by atoms with Crippen molar-refractivity contribution in [2.75, 3.05) is 11.1 Å². The number of benzene rings is 1. The number of nitrogens with two attached hydrogens (primary N) is 1. The Morgan fingerprint density at radius 1 is 1.50 bits per heavy atom. The van der Waals surface area contributed by atoms with E-state index < -0.39 is 11.7 Å². The summed E-state index contributed by atoms with van der Waals surface area (Å²) in [6.45, 7) is 3.51. The summed E-state index contributed by atoms with van der Waals surface area (Å²) >= 11 is 0. The summed E-state index contributed by atoms with van der Waals surface area (Å²) in [5, 5.41) is 6.89. The van der Waals surface area contributed by atoms with Crippen LogP contribution < -0.4 is 11.1 Å². The van der Waals surface area contributed by atoms with E-state index in [1.54, 1.807) is 24.9 Å². The maximum atomic E-state index is 14.0. The monoisotopic (exact) mass is 276 g/mol. The molecule has 0 aliphatic rings. The molecule has 1 aromatic carbocycles. The summed E-state index contributed by atoms with van der Waals surface area (Å²) < 4.78 is 15.6. The number of aromatic nitrogens is 2. The molecule has 3 N–H and O–H groups in total. The fourth-order valence-electron chi connectivity index (χ4n) is 2.05. The average Bonchev–Trinajstić information content (AvgIpc) is 2.73. The molecule has 0 bridgehead atoms. The third-order valence-electron chi connectivity index (χ3n) is 3.01. The van der Waals surface area contributed by atoms with Gasteiger partial charge in [-0.1, -0.05) is 6.92 Å². The largest absolute Gasteiger partial charge is 0.399 e. The summed E-state index contributed by atoms with van der Waals surface area (Å²) in [5.74, 6) is -1.08. The molecule has 1 heterocycles. The summed E-state index contributed by atoms with van der Waals surface area (Å²) in [7, 11) is 1.76. The summed E-state index contributed by atoms with van der Waals surface area (Å²) in [6.07, 6.45) is 2.36. The van der Waals surface area contributed by atoms with Gasteiger partial charge in [-0.05, 0) is 31.0 Å². The Balaban J connectivity index is 2.33. The molecule has 106 valence electrons. The standard InChI is InChI=1S/C14H17FN4O/c1-4-11-12(7-19(3)18-11)17-14(20)10-6-9(16)5-8(2)13(10)15/h5-7H,4,16H2,1-3H3,(H,17,20). The predicted molar refractivity (Wildman–Crippen MR) is 76.1 cm³/mol. The van der Waals surface area contributed by atoms with Gasteiger partial charge in [-0.15, -0.1) is 0 Å². The third kappa shape index (κ3) is 2.64. The molecule has 2 rings (SSSR count). The highest BCUT2D eigenvalue weighted by Gasteiger charge is 2.17. The van der Waals surface area contributed by atoms with Crippen LogP contribution in [0.5, 0.6) is 0 Å². The second-order valence-electron chi connectivity index (χ2n) is 4.67. The minimum atomic E-state index is -0.557. The van der Waals surface area contributed by atoms with Gasteiger partial charge < -0.3 is 11.1 Å². The SMILES string of the molecule is CCc1nn(C)cc1NC(=O)c1cc(N)cc(C)c1F. The van der Waals surface area contributed by atoms with E-state index in [1.807, 2.05) is 6.92 Å². The van der Waals surface area contributed by atoms with Crippen LogP contribution in [0.25, 0.3) is 0 Å². The molecule has 1 aromatic heterocycles. The van der Waals surface area contributed by atoms with Gasteiger partial charge in [-0.25, -0.2) is 4.39 Å². The number of hydrogen-bond acceptors (Lipinski definition) is 3. The molecule has 5 nitrogen and oxygen atoms in total. The molecule has 0 spiro atoms. The minimum absolute atomic E-state index is 0.0617. The van der Waals surface area contributed by atoms with Gasteiger partial charge >= 0.3 is 0 Å². The van der Waals surface area contributed by atoms with Crippen molar-refractivity contribution in [2.24, 2.45) is 7.05 Å². The van der Waals surface area contributed by atoms with Crippen molar-refractivity contribution in [3.63, 3.8) is 0 Å². The normalized spacial score (nSPS) is 10.6. The Morgan fingerprint density at radius 3 is 2.85 bits per heavy atom. The molecule has 0 radical (unpaired) electrons. The van der Waals surface area contributed by atoms with Crippen molar-refractivity contribution < 1.29 is 9.18 Å². The topological polar surface area (TPSA) is 72.9 Å². The zero-order valence-electron chi connectivity index (χ0n) is 11.7. The first kappa shape index (κ1) is 14.0. The summed E-state index contributed by atoms with van der Waals surface area (Å²) in [5.41, 5.74) is 7.63. The van der Waals surface area contributed by atoms with Crippen LogP contribution >= 0.6 is 0 Å². The Kier molecular flexibility index (Phi) is 3.74. The lowest BCUT2D eigenvalue weighted by Gasteiger charge is -2.08. The molecule has 0 fully saturated rings. The van der Waals surface area contributed by atoms with E-state index >= 15 is 0 Å². The van der Waals surface area contributed by atoms with Crippen LogP contribution in [0.4, 0.5) is 15.8 Å². The van der Waals surface area contributed by atoms with Gasteiger partial charge in [-0.2, -0.15) is 5.10 Å². The van der Waals surface area contributed by atoms with Crippen molar-refractivity contribution in [3.8, 4) is 0 Å². The third-order valence-corrected chi connectivity index (χ3v) is 3.01. The molecule has 1 amide bonds. The molecule has 20 heavy (non-hydrogen) atoms. The molecule has 0 unspecified atom stereocenters. The fourth-order valence-corrected chi connectivity index (χ4v) is 2.05. The highest BCUT2D eigenvalue weighted by Crippen LogP contribution is 2.20. The molecule has 2 aromatic rings. The molecular formula is C14H17FN4O. The van der Waals surface area contributed by atoms with Gasteiger partial charge in [-0.3, -0.25) is 9.48 Å². The zero-order chi connectivity index (χ0) is 14.9. The smallest absolute Gasteiger partial charge is 0.258 e. The van der Waals surface area contributed by atoms with E-state index in [0.717, 1.165) is 5.69 Å². The number of nitrogen functional groups attached to an aromatic ring is 1. The predicted octanol–water partition coefficient (Wildman–Crippen LogP) is 2.26. The van der Waals surface area contributed by atoms with Crippen LogP contribution in [0.2, 0.25) is 0 Å². The van der Waals surface area contributed by atoms with Gasteiger partial charge in [0.15, 0.2) is 0 Å². The van der Waals surface area contributed by atoms with Crippen molar-refractivity contribution in [2.45, 2.75) is 20.3 Å². The van der Waals surface area contributed by atoms with Crippen molar-refractivity contribution in [1.29, 1.82) is 0 Å². The second-order valence-corrected chi connectivity index (χ2v) is 4.67. The highest BCUT2D eigenvalue weighted by molar-refractivity contribution is 6.05. The molecule has 0 saturated carbocycles. The Labute approximate surface area is 116 Å². The molecular weight excluding hydrogens is 259 g/mol. The van der Waals surface area contributed by atoms with Gasteiger partial charge in [0.2, 0.25) is 0 Å². The van der Waals surface area contributed by atoms with Crippen LogP contribution in [0.3, 0.4) is 0 Å². The summed E-state index contributed by atoms with van der Waals surface area (Å²) in [6, 6.07) is 2.83. The Morgan fingerprint density at radius 2 is 2.20 bits per heavy atom. The number of carbonyl (C=O) groups is 1. The molecule has 6 heteroatoms. The van der Waals surface area contributed by atoms with E-state index in [1.165, 1.54) is 12.1 Å². The first-order valence-electron chi connectivity index (χ1n) is 6.31. The number of hydrogen-bond donors (Lipinski definition) is 2. The Hall–Kier alpha value is -2.37. The van der Waals surface area contributed by atoms with Crippen LogP contribution in [-0.2, 0) is 13.5 Å². The molecule has 0 aliphatic heterocycles. The maximum Gasteiger partial charge on any atom is 0.258 e. The van der Waals surface area contributed by atoms with E-state index in [0.29, 0.717) is 23.4 Å². The van der Waals surface area contributed by atoms with Crippen LogP contribution in [-0.4, -0.2) is 15.7 Å². The lowest BCUT2D eigenvalue weighted by molar-refractivity contribution is 0.102. The number of anilines is 2. The van der Waals surface area contributed by atoms with E-state index in [4.69, 9.17) is 5.73 Å². The van der Waals surface area contributed by atoms with Crippen LogP contribution in [0, 0.1) is 12.7 Å². The number of amides is 1. The first-order chi connectivity index (χ1) is 9.42. The van der Waals surface area contributed by atoms with Crippen molar-refractivity contribution in [3.05, 3.63) is 41.0 Å². The lowest BCUT2D eigenvalue weighted by Crippen LogP contribution is -2.15. The zero-order valence-corrected chi connectivity index (χ0v) is 11.7. The number of halogens is 1. The fraction of sp³-hybridized carbons (Fsp3) is 0.286. The minimum Gasteiger partial charge on any atom is -0.399 e. The van der Waals surface area contributed by atoms with Gasteiger partial charge in [0, 0.05) is 18.9 Å². The van der Waals surface area contributed by atoms with E-state index in [9.17, 15) is 9.18 Å². The van der Waals surface area contributed by atoms with Crippen molar-refractivity contribution >= 4 is 17.3 Å². The molecule has 0 atom stereocenters. The van der Waals surface area contributed by atoms with Crippen LogP contribution in [0.15, 0.2) is 18.3 Å². The maximum absolute atomic E-state index is 14.0. The first-order valence-corrected chi connectivity index (χ1v) is 6.31. The van der Waals surface area contributed by atoms with Gasteiger partial charge in [0.05, 0.1) is 16.9 Å². The number of aryl methyl sites for hydroxylation is 3. The van der Waals surface area contributed by atoms with E-state index in [-0.39, 0.29) is 5.56 Å². The Bertz CT molecular complexity index is 663. The second kappa shape index (κ2) is 5.32. The molecule has 0 saturated heterocycles. The van der Waals surface area contributed by atoms with Crippen molar-refractivity contribution in [1.82, 2.24) is 9.78 Å². The summed E-state index contributed by atoms with van der Waals surface area (Å²) in [4.78, 5) is 12.2. The average molecular weight is 276 g/mol. The molecule has 0 aliphatic carbocycles. The lowest BCUT2D eigenvalue weighted by atomic mass is 10.1. The van der Waals surface area contributed by atoms with E-state index in [2.05, 4.69) is 10.4 Å². The number of carbonyl (C=O) groups excluding carboxylic acids is 1. The number of nitrogens with zero attached hydrogens (tertiary/aromatic N) is 2.